The smallest absolute Gasteiger partial charge is 0.309 e. The minimum absolute atomic E-state index is 0.0710. The molecule has 0 spiro atoms. The van der Waals surface area contributed by atoms with Crippen LogP contribution in [0.15, 0.2) is 12.5 Å². The fraction of sp³-hybridized carbons (Fsp3) is 0.643. The summed E-state index contributed by atoms with van der Waals surface area (Å²) in [4.78, 5) is 29.4. The third-order valence-electron chi connectivity index (χ3n) is 3.70. The van der Waals surface area contributed by atoms with E-state index in [-0.39, 0.29) is 12.3 Å². The Morgan fingerprint density at radius 3 is 2.80 bits per heavy atom. The number of imidazole rings is 1. The van der Waals surface area contributed by atoms with Crippen LogP contribution in [0.2, 0.25) is 0 Å². The number of aromatic nitrogens is 2. The van der Waals surface area contributed by atoms with Crippen LogP contribution in [-0.4, -0.2) is 38.0 Å². The molecule has 2 atom stereocenters. The van der Waals surface area contributed by atoms with E-state index in [4.69, 9.17) is 0 Å². The summed E-state index contributed by atoms with van der Waals surface area (Å²) in [6.45, 7) is 7.31. The average Bonchev–Trinajstić information content (AvgIpc) is 2.94. The summed E-state index contributed by atoms with van der Waals surface area (Å²) in [5, 5.41) is 9.41. The summed E-state index contributed by atoms with van der Waals surface area (Å²) >= 11 is 0. The van der Waals surface area contributed by atoms with Crippen LogP contribution in [0.5, 0.6) is 0 Å². The van der Waals surface area contributed by atoms with Crippen molar-refractivity contribution < 1.29 is 14.7 Å². The van der Waals surface area contributed by atoms with Crippen LogP contribution in [0.3, 0.4) is 0 Å². The Labute approximate surface area is 118 Å². The van der Waals surface area contributed by atoms with Gasteiger partial charge in [0, 0.05) is 19.5 Å². The van der Waals surface area contributed by atoms with E-state index in [1.807, 2.05) is 25.3 Å². The standard InChI is InChI=1S/C14H21N3O3/c1-4-16-8-15-6-11(16)13-10(14(19)20)5-12(18)17(13)7-9(2)3/h6,8-10,13H,4-5,7H2,1-3H3,(H,19,20). The zero-order chi connectivity index (χ0) is 14.9. The number of carbonyl (C=O) groups excluding carboxylic acids is 1. The summed E-state index contributed by atoms with van der Waals surface area (Å²) in [6, 6.07) is -0.412. The molecule has 20 heavy (non-hydrogen) atoms. The second kappa shape index (κ2) is 5.64. The van der Waals surface area contributed by atoms with Gasteiger partial charge in [-0.05, 0) is 12.8 Å². The average molecular weight is 279 g/mol. The maximum Gasteiger partial charge on any atom is 0.309 e. The van der Waals surface area contributed by atoms with Crippen molar-refractivity contribution in [3.05, 3.63) is 18.2 Å². The lowest BCUT2D eigenvalue weighted by Crippen LogP contribution is -2.34. The van der Waals surface area contributed by atoms with E-state index in [9.17, 15) is 14.7 Å². The van der Waals surface area contributed by atoms with E-state index < -0.39 is 17.9 Å². The topological polar surface area (TPSA) is 75.4 Å². The van der Waals surface area contributed by atoms with Gasteiger partial charge in [0.05, 0.1) is 30.2 Å². The van der Waals surface area contributed by atoms with Crippen molar-refractivity contribution in [3.8, 4) is 0 Å². The van der Waals surface area contributed by atoms with Gasteiger partial charge in [-0.15, -0.1) is 0 Å². The van der Waals surface area contributed by atoms with E-state index in [0.29, 0.717) is 19.0 Å². The highest BCUT2D eigenvalue weighted by Gasteiger charge is 2.45. The van der Waals surface area contributed by atoms with Crippen molar-refractivity contribution in [3.63, 3.8) is 0 Å². The molecule has 0 radical (unpaired) electrons. The van der Waals surface area contributed by atoms with E-state index in [1.165, 1.54) is 0 Å². The number of hydrogen-bond donors (Lipinski definition) is 1. The third kappa shape index (κ3) is 2.55. The normalized spacial score (nSPS) is 22.8. The molecule has 1 aromatic rings. The summed E-state index contributed by atoms with van der Waals surface area (Å²) in [6.07, 6.45) is 3.43. The second-order valence-electron chi connectivity index (χ2n) is 5.64. The molecule has 1 amide bonds. The van der Waals surface area contributed by atoms with Crippen LogP contribution in [-0.2, 0) is 16.1 Å². The lowest BCUT2D eigenvalue weighted by Gasteiger charge is -2.28. The van der Waals surface area contributed by atoms with Crippen LogP contribution in [0.4, 0.5) is 0 Å². The van der Waals surface area contributed by atoms with Crippen LogP contribution >= 0.6 is 0 Å². The largest absolute Gasteiger partial charge is 0.481 e. The van der Waals surface area contributed by atoms with Gasteiger partial charge < -0.3 is 14.6 Å². The molecular formula is C14H21N3O3. The molecule has 1 aliphatic heterocycles. The second-order valence-corrected chi connectivity index (χ2v) is 5.64. The lowest BCUT2D eigenvalue weighted by molar-refractivity contribution is -0.142. The Hall–Kier alpha value is -1.85. The van der Waals surface area contributed by atoms with Gasteiger partial charge in [0.1, 0.15) is 0 Å². The highest BCUT2D eigenvalue weighted by molar-refractivity contribution is 5.87. The number of carbonyl (C=O) groups is 2. The van der Waals surface area contributed by atoms with Gasteiger partial charge in [0.25, 0.3) is 0 Å². The molecule has 2 unspecified atom stereocenters. The predicted molar refractivity (Wildman–Crippen MR) is 72.9 cm³/mol. The number of aryl methyl sites for hydroxylation is 1. The minimum Gasteiger partial charge on any atom is -0.481 e. The molecular weight excluding hydrogens is 258 g/mol. The van der Waals surface area contributed by atoms with Gasteiger partial charge in [0.2, 0.25) is 5.91 Å². The Bertz CT molecular complexity index is 510. The van der Waals surface area contributed by atoms with Crippen LogP contribution in [0, 0.1) is 11.8 Å². The number of amides is 1. The zero-order valence-corrected chi connectivity index (χ0v) is 12.1. The third-order valence-corrected chi connectivity index (χ3v) is 3.70. The molecule has 6 heteroatoms. The summed E-state index contributed by atoms with van der Waals surface area (Å²) in [5.74, 6) is -1.39. The molecule has 1 aliphatic rings. The highest BCUT2D eigenvalue weighted by Crippen LogP contribution is 2.38. The van der Waals surface area contributed by atoms with E-state index in [2.05, 4.69) is 4.98 Å². The number of aliphatic carboxylic acids is 1. The van der Waals surface area contributed by atoms with Gasteiger partial charge in [-0.25, -0.2) is 4.98 Å². The number of likely N-dealkylation sites (tertiary alicyclic amines) is 1. The quantitative estimate of drug-likeness (QED) is 0.887. The van der Waals surface area contributed by atoms with Gasteiger partial charge in [0.15, 0.2) is 0 Å². The monoisotopic (exact) mass is 279 g/mol. The van der Waals surface area contributed by atoms with Crippen molar-refractivity contribution in [2.45, 2.75) is 39.8 Å². The molecule has 0 saturated carbocycles. The first-order valence-corrected chi connectivity index (χ1v) is 6.98. The Morgan fingerprint density at radius 1 is 1.55 bits per heavy atom. The van der Waals surface area contributed by atoms with Crippen molar-refractivity contribution in [1.82, 2.24) is 14.5 Å². The SMILES string of the molecule is CCn1cncc1C1C(C(=O)O)CC(=O)N1CC(C)C. The summed E-state index contributed by atoms with van der Waals surface area (Å²) in [7, 11) is 0. The molecule has 2 heterocycles. The van der Waals surface area contributed by atoms with Crippen molar-refractivity contribution >= 4 is 11.9 Å². The summed E-state index contributed by atoms with van der Waals surface area (Å²) in [5.41, 5.74) is 0.811. The number of hydrogen-bond acceptors (Lipinski definition) is 3. The lowest BCUT2D eigenvalue weighted by atomic mass is 9.97. The molecule has 1 fully saturated rings. The molecule has 0 aromatic carbocycles. The molecule has 0 aliphatic carbocycles. The Morgan fingerprint density at radius 2 is 2.25 bits per heavy atom. The maximum atomic E-state index is 12.2. The Kier molecular flexibility index (Phi) is 4.11. The zero-order valence-electron chi connectivity index (χ0n) is 12.1. The minimum atomic E-state index is -0.918. The van der Waals surface area contributed by atoms with Crippen LogP contribution < -0.4 is 0 Å². The van der Waals surface area contributed by atoms with E-state index in [0.717, 1.165) is 5.69 Å². The van der Waals surface area contributed by atoms with Gasteiger partial charge in [-0.1, -0.05) is 13.8 Å². The van der Waals surface area contributed by atoms with Gasteiger partial charge in [-0.2, -0.15) is 0 Å². The van der Waals surface area contributed by atoms with Crippen LogP contribution in [0.1, 0.15) is 38.9 Å². The van der Waals surface area contributed by atoms with E-state index >= 15 is 0 Å². The molecule has 1 N–H and O–H groups in total. The molecule has 0 bridgehead atoms. The molecule has 1 saturated heterocycles. The predicted octanol–water partition coefficient (Wildman–Crippen LogP) is 1.53. The number of carboxylic acids is 1. The fourth-order valence-electron chi connectivity index (χ4n) is 2.83. The molecule has 110 valence electrons. The highest BCUT2D eigenvalue weighted by atomic mass is 16.4. The van der Waals surface area contributed by atoms with Gasteiger partial charge >= 0.3 is 5.97 Å². The van der Waals surface area contributed by atoms with E-state index in [1.54, 1.807) is 17.4 Å². The van der Waals surface area contributed by atoms with Crippen molar-refractivity contribution in [2.24, 2.45) is 11.8 Å². The van der Waals surface area contributed by atoms with Crippen molar-refractivity contribution in [1.29, 1.82) is 0 Å². The number of nitrogens with zero attached hydrogens (tertiary/aromatic N) is 3. The Balaban J connectivity index is 2.40. The molecule has 6 nitrogen and oxygen atoms in total. The first-order valence-electron chi connectivity index (χ1n) is 6.98. The number of carboxylic acid groups (broad SMARTS) is 1. The summed E-state index contributed by atoms with van der Waals surface area (Å²) < 4.78 is 1.91. The maximum absolute atomic E-state index is 12.2. The molecule has 2 rings (SSSR count). The molecule has 1 aromatic heterocycles. The first kappa shape index (κ1) is 14.6. The first-order chi connectivity index (χ1) is 9.45. The number of rotatable bonds is 5. The van der Waals surface area contributed by atoms with Crippen LogP contribution in [0.25, 0.3) is 0 Å². The fourth-order valence-corrected chi connectivity index (χ4v) is 2.83. The van der Waals surface area contributed by atoms with Gasteiger partial charge in [-0.3, -0.25) is 9.59 Å². The van der Waals surface area contributed by atoms with Crippen molar-refractivity contribution in [2.75, 3.05) is 6.54 Å².